The second-order valence-electron chi connectivity index (χ2n) is 5.53. The standard InChI is InChI=1S/C20H20N2O2S/c1-23-17-6-4-15(5-7-17)12-22-13-16-11-18(8-9-20(16)25)24-19-3-2-10-21-14-19/h2-11,14,22,25H,12-13H2,1H3. The number of ether oxygens (including phenoxy) is 2. The molecule has 1 heterocycles. The van der Waals surface area contributed by atoms with Crippen molar-refractivity contribution in [1.29, 1.82) is 0 Å². The van der Waals surface area contributed by atoms with E-state index >= 15 is 0 Å². The lowest BCUT2D eigenvalue weighted by molar-refractivity contribution is 0.414. The highest BCUT2D eigenvalue weighted by Crippen LogP contribution is 2.25. The molecule has 5 heteroatoms. The summed E-state index contributed by atoms with van der Waals surface area (Å²) in [5.41, 5.74) is 2.28. The van der Waals surface area contributed by atoms with Crippen LogP contribution in [0.3, 0.4) is 0 Å². The molecule has 0 bridgehead atoms. The lowest BCUT2D eigenvalue weighted by atomic mass is 10.2. The first-order valence-electron chi connectivity index (χ1n) is 7.98. The summed E-state index contributed by atoms with van der Waals surface area (Å²) in [6, 6.07) is 17.6. The van der Waals surface area contributed by atoms with Gasteiger partial charge in [0.15, 0.2) is 0 Å². The first-order valence-corrected chi connectivity index (χ1v) is 8.43. The fraction of sp³-hybridized carbons (Fsp3) is 0.150. The molecule has 0 aliphatic rings. The Labute approximate surface area is 153 Å². The highest BCUT2D eigenvalue weighted by molar-refractivity contribution is 7.80. The van der Waals surface area contributed by atoms with Crippen molar-refractivity contribution in [2.75, 3.05) is 7.11 Å². The summed E-state index contributed by atoms with van der Waals surface area (Å²) in [5, 5.41) is 3.43. The quantitative estimate of drug-likeness (QED) is 0.616. The predicted octanol–water partition coefficient (Wildman–Crippen LogP) is 4.46. The maximum atomic E-state index is 5.83. The third-order valence-corrected chi connectivity index (χ3v) is 4.16. The molecular formula is C20H20N2O2S. The van der Waals surface area contributed by atoms with Crippen LogP contribution in [0.15, 0.2) is 71.9 Å². The van der Waals surface area contributed by atoms with E-state index in [4.69, 9.17) is 9.47 Å². The Balaban J connectivity index is 1.60. The van der Waals surface area contributed by atoms with Gasteiger partial charge in [-0.3, -0.25) is 4.98 Å². The average molecular weight is 352 g/mol. The van der Waals surface area contributed by atoms with Gasteiger partial charge in [-0.1, -0.05) is 12.1 Å². The van der Waals surface area contributed by atoms with Crippen LogP contribution in [-0.4, -0.2) is 12.1 Å². The smallest absolute Gasteiger partial charge is 0.145 e. The van der Waals surface area contributed by atoms with Crippen molar-refractivity contribution in [2.45, 2.75) is 18.0 Å². The second kappa shape index (κ2) is 8.55. The minimum atomic E-state index is 0.703. The van der Waals surface area contributed by atoms with Gasteiger partial charge >= 0.3 is 0 Å². The number of methoxy groups -OCH3 is 1. The number of pyridine rings is 1. The lowest BCUT2D eigenvalue weighted by Crippen LogP contribution is -2.13. The van der Waals surface area contributed by atoms with Crippen LogP contribution >= 0.6 is 12.6 Å². The molecule has 0 aliphatic heterocycles. The van der Waals surface area contributed by atoms with Crippen LogP contribution in [-0.2, 0) is 13.1 Å². The van der Waals surface area contributed by atoms with Crippen LogP contribution < -0.4 is 14.8 Å². The molecule has 128 valence electrons. The molecule has 0 atom stereocenters. The van der Waals surface area contributed by atoms with Crippen LogP contribution in [0, 0.1) is 0 Å². The fourth-order valence-electron chi connectivity index (χ4n) is 2.40. The van der Waals surface area contributed by atoms with Gasteiger partial charge in [-0.15, -0.1) is 12.6 Å². The van der Waals surface area contributed by atoms with Gasteiger partial charge in [0.1, 0.15) is 17.2 Å². The molecule has 25 heavy (non-hydrogen) atoms. The Morgan fingerprint density at radius 2 is 1.76 bits per heavy atom. The van der Waals surface area contributed by atoms with Crippen molar-refractivity contribution < 1.29 is 9.47 Å². The van der Waals surface area contributed by atoms with Crippen molar-refractivity contribution >= 4 is 12.6 Å². The van der Waals surface area contributed by atoms with Crippen LogP contribution in [0.5, 0.6) is 17.2 Å². The first-order chi connectivity index (χ1) is 12.2. The van der Waals surface area contributed by atoms with Crippen LogP contribution in [0.1, 0.15) is 11.1 Å². The number of nitrogens with one attached hydrogen (secondary N) is 1. The summed E-state index contributed by atoms with van der Waals surface area (Å²) in [5.74, 6) is 2.35. The van der Waals surface area contributed by atoms with E-state index in [2.05, 4.69) is 35.1 Å². The van der Waals surface area contributed by atoms with Crippen molar-refractivity contribution in [2.24, 2.45) is 0 Å². The normalized spacial score (nSPS) is 10.5. The van der Waals surface area contributed by atoms with Crippen molar-refractivity contribution in [1.82, 2.24) is 10.3 Å². The zero-order valence-electron chi connectivity index (χ0n) is 14.0. The molecule has 0 aliphatic carbocycles. The van der Waals surface area contributed by atoms with Gasteiger partial charge in [0.05, 0.1) is 13.3 Å². The Morgan fingerprint density at radius 1 is 0.960 bits per heavy atom. The molecule has 1 N–H and O–H groups in total. The molecule has 3 rings (SSSR count). The van der Waals surface area contributed by atoms with Gasteiger partial charge in [-0.05, 0) is 53.6 Å². The Bertz CT molecular complexity index is 808. The third-order valence-electron chi connectivity index (χ3n) is 3.72. The summed E-state index contributed by atoms with van der Waals surface area (Å²) in [6.07, 6.45) is 3.41. The number of hydrogen-bond donors (Lipinski definition) is 2. The van der Waals surface area contributed by atoms with Crippen molar-refractivity contribution in [3.8, 4) is 17.2 Å². The summed E-state index contributed by atoms with van der Waals surface area (Å²) < 4.78 is 11.0. The van der Waals surface area contributed by atoms with Crippen LogP contribution in [0.25, 0.3) is 0 Å². The van der Waals surface area contributed by atoms with Gasteiger partial charge in [-0.2, -0.15) is 0 Å². The Hall–Kier alpha value is -2.50. The van der Waals surface area contributed by atoms with E-state index in [0.29, 0.717) is 12.3 Å². The second-order valence-corrected chi connectivity index (χ2v) is 6.01. The van der Waals surface area contributed by atoms with Crippen molar-refractivity contribution in [3.63, 3.8) is 0 Å². The van der Waals surface area contributed by atoms with Gasteiger partial charge in [0, 0.05) is 24.2 Å². The van der Waals surface area contributed by atoms with E-state index in [9.17, 15) is 0 Å². The third kappa shape index (κ3) is 4.98. The Kier molecular flexibility index (Phi) is 5.93. The number of thiol groups is 1. The number of benzene rings is 2. The van der Waals surface area contributed by atoms with E-state index in [1.807, 2.05) is 42.5 Å². The van der Waals surface area contributed by atoms with E-state index in [1.54, 1.807) is 19.5 Å². The van der Waals surface area contributed by atoms with Crippen LogP contribution in [0.2, 0.25) is 0 Å². The zero-order valence-corrected chi connectivity index (χ0v) is 14.9. The number of aromatic nitrogens is 1. The molecule has 0 unspecified atom stereocenters. The Morgan fingerprint density at radius 3 is 2.48 bits per heavy atom. The first kappa shape index (κ1) is 17.3. The maximum Gasteiger partial charge on any atom is 0.145 e. The number of rotatable bonds is 7. The molecule has 0 amide bonds. The molecule has 0 radical (unpaired) electrons. The lowest BCUT2D eigenvalue weighted by Gasteiger charge is -2.11. The molecule has 2 aromatic carbocycles. The molecule has 0 fully saturated rings. The van der Waals surface area contributed by atoms with Gasteiger partial charge in [-0.25, -0.2) is 0 Å². The summed E-state index contributed by atoms with van der Waals surface area (Å²) in [6.45, 7) is 1.47. The van der Waals surface area contributed by atoms with E-state index < -0.39 is 0 Å². The van der Waals surface area contributed by atoms with Gasteiger partial charge < -0.3 is 14.8 Å². The monoisotopic (exact) mass is 352 g/mol. The topological polar surface area (TPSA) is 43.4 Å². The average Bonchev–Trinajstić information content (AvgIpc) is 2.66. The van der Waals surface area contributed by atoms with E-state index in [0.717, 1.165) is 28.5 Å². The minimum Gasteiger partial charge on any atom is -0.497 e. The van der Waals surface area contributed by atoms with Gasteiger partial charge in [0.2, 0.25) is 0 Å². The minimum absolute atomic E-state index is 0.703. The zero-order chi connectivity index (χ0) is 17.5. The predicted molar refractivity (Wildman–Crippen MR) is 102 cm³/mol. The highest BCUT2D eigenvalue weighted by Gasteiger charge is 2.04. The largest absolute Gasteiger partial charge is 0.497 e. The van der Waals surface area contributed by atoms with Gasteiger partial charge in [0.25, 0.3) is 0 Å². The van der Waals surface area contributed by atoms with E-state index in [-0.39, 0.29) is 0 Å². The number of hydrogen-bond acceptors (Lipinski definition) is 5. The summed E-state index contributed by atoms with van der Waals surface area (Å²) >= 11 is 4.53. The molecule has 0 saturated heterocycles. The molecule has 4 nitrogen and oxygen atoms in total. The maximum absolute atomic E-state index is 5.83. The molecule has 0 saturated carbocycles. The van der Waals surface area contributed by atoms with Crippen molar-refractivity contribution in [3.05, 3.63) is 78.1 Å². The molecule has 1 aromatic heterocycles. The van der Waals surface area contributed by atoms with Crippen LogP contribution in [0.4, 0.5) is 0 Å². The number of nitrogens with zero attached hydrogens (tertiary/aromatic N) is 1. The summed E-state index contributed by atoms with van der Waals surface area (Å²) in [7, 11) is 1.67. The van der Waals surface area contributed by atoms with E-state index in [1.165, 1.54) is 5.56 Å². The fourth-order valence-corrected chi connectivity index (χ4v) is 2.61. The molecule has 3 aromatic rings. The molecular weight excluding hydrogens is 332 g/mol. The summed E-state index contributed by atoms with van der Waals surface area (Å²) in [4.78, 5) is 4.99. The SMILES string of the molecule is COc1ccc(CNCc2cc(Oc3cccnc3)ccc2S)cc1. The molecule has 0 spiro atoms. The highest BCUT2D eigenvalue weighted by atomic mass is 32.1.